The Kier molecular flexibility index (Phi) is 5.29. The van der Waals surface area contributed by atoms with Crippen molar-refractivity contribution >= 4 is 11.8 Å². The topological polar surface area (TPSA) is 82.5 Å². The Hall–Kier alpha value is -3.21. The Morgan fingerprint density at radius 1 is 1.10 bits per heavy atom. The fraction of sp³-hybridized carbons (Fsp3) is 0.211. The van der Waals surface area contributed by atoms with Crippen LogP contribution in [0.25, 0.3) is 17.1 Å². The van der Waals surface area contributed by atoms with Crippen molar-refractivity contribution in [3.05, 3.63) is 65.0 Å². The molecule has 2 aromatic heterocycles. The molecule has 0 saturated carbocycles. The zero-order valence-corrected chi connectivity index (χ0v) is 16.7. The van der Waals surface area contributed by atoms with Gasteiger partial charge in [0, 0.05) is 5.56 Å². The highest BCUT2D eigenvalue weighted by molar-refractivity contribution is 7.98. The number of alkyl halides is 3. The van der Waals surface area contributed by atoms with Gasteiger partial charge in [-0.2, -0.15) is 22.8 Å². The van der Waals surface area contributed by atoms with Crippen LogP contribution in [-0.2, 0) is 11.9 Å². The molecule has 2 heterocycles. The monoisotopic (exact) mass is 432 g/mol. The summed E-state index contributed by atoms with van der Waals surface area (Å²) in [5.41, 5.74) is 2.48. The van der Waals surface area contributed by atoms with E-state index in [2.05, 4.69) is 25.7 Å². The van der Waals surface area contributed by atoms with Crippen LogP contribution >= 0.6 is 11.8 Å². The van der Waals surface area contributed by atoms with Crippen molar-refractivity contribution in [2.75, 3.05) is 0 Å². The molecule has 0 radical (unpaired) electrons. The summed E-state index contributed by atoms with van der Waals surface area (Å²) >= 11 is 1.28. The van der Waals surface area contributed by atoms with Gasteiger partial charge in [0.25, 0.3) is 0 Å². The predicted molar refractivity (Wildman–Crippen MR) is 103 cm³/mol. The van der Waals surface area contributed by atoms with E-state index >= 15 is 0 Å². The highest BCUT2D eigenvalue weighted by Crippen LogP contribution is 2.32. The second-order valence-electron chi connectivity index (χ2n) is 6.47. The summed E-state index contributed by atoms with van der Waals surface area (Å²) in [7, 11) is 0. The van der Waals surface area contributed by atoms with Crippen LogP contribution in [0.4, 0.5) is 13.2 Å². The van der Waals surface area contributed by atoms with Gasteiger partial charge in [0.2, 0.25) is 16.9 Å². The van der Waals surface area contributed by atoms with Crippen molar-refractivity contribution < 1.29 is 17.7 Å². The molecule has 0 aliphatic heterocycles. The SMILES string of the molecule is Cc1cccc(-n2nnnc2SCc2nc(-c3cccc(C(F)(F)F)c3)no2)c1C. The molecule has 0 N–H and O–H groups in total. The number of hydrogen-bond donors (Lipinski definition) is 0. The van der Waals surface area contributed by atoms with E-state index in [9.17, 15) is 13.2 Å². The number of halogens is 3. The zero-order valence-electron chi connectivity index (χ0n) is 15.9. The van der Waals surface area contributed by atoms with Crippen molar-refractivity contribution in [2.24, 2.45) is 0 Å². The fourth-order valence-corrected chi connectivity index (χ4v) is 3.50. The van der Waals surface area contributed by atoms with Crippen LogP contribution in [0.5, 0.6) is 0 Å². The minimum Gasteiger partial charge on any atom is -0.338 e. The summed E-state index contributed by atoms with van der Waals surface area (Å²) in [6.07, 6.45) is -4.44. The lowest BCUT2D eigenvalue weighted by molar-refractivity contribution is -0.137. The van der Waals surface area contributed by atoms with E-state index in [0.717, 1.165) is 28.9 Å². The van der Waals surface area contributed by atoms with Gasteiger partial charge in [0.1, 0.15) is 0 Å². The van der Waals surface area contributed by atoms with Crippen LogP contribution in [0.15, 0.2) is 52.1 Å². The zero-order chi connectivity index (χ0) is 21.3. The average molecular weight is 432 g/mol. The first-order valence-electron chi connectivity index (χ1n) is 8.81. The lowest BCUT2D eigenvalue weighted by atomic mass is 10.1. The quantitative estimate of drug-likeness (QED) is 0.425. The van der Waals surface area contributed by atoms with E-state index in [-0.39, 0.29) is 23.0 Å². The van der Waals surface area contributed by atoms with Gasteiger partial charge in [0.05, 0.1) is 17.0 Å². The van der Waals surface area contributed by atoms with Gasteiger partial charge >= 0.3 is 6.18 Å². The molecule has 154 valence electrons. The third kappa shape index (κ3) is 4.06. The van der Waals surface area contributed by atoms with Crippen molar-refractivity contribution in [3.63, 3.8) is 0 Å². The molecule has 30 heavy (non-hydrogen) atoms. The molecule has 7 nitrogen and oxygen atoms in total. The molecule has 4 aromatic rings. The lowest BCUT2D eigenvalue weighted by Crippen LogP contribution is -2.04. The average Bonchev–Trinajstić information content (AvgIpc) is 3.37. The highest BCUT2D eigenvalue weighted by Gasteiger charge is 2.30. The molecule has 0 amide bonds. The minimum atomic E-state index is -4.44. The summed E-state index contributed by atoms with van der Waals surface area (Å²) in [5, 5.41) is 16.1. The van der Waals surface area contributed by atoms with Gasteiger partial charge in [-0.25, -0.2) is 0 Å². The largest absolute Gasteiger partial charge is 0.416 e. The molecule has 0 spiro atoms. The summed E-state index contributed by atoms with van der Waals surface area (Å²) in [6.45, 7) is 3.99. The smallest absolute Gasteiger partial charge is 0.338 e. The van der Waals surface area contributed by atoms with E-state index < -0.39 is 11.7 Å². The van der Waals surface area contributed by atoms with Gasteiger partial charge in [0.15, 0.2) is 0 Å². The standard InChI is InChI=1S/C19H15F3N6OS/c1-11-5-3-8-15(12(11)2)28-18(24-26-27-28)30-10-16-23-17(25-29-16)13-6-4-7-14(9-13)19(20,21)22/h3-9H,10H2,1-2H3. The van der Waals surface area contributed by atoms with E-state index in [1.165, 1.54) is 23.9 Å². The third-order valence-electron chi connectivity index (χ3n) is 4.49. The van der Waals surface area contributed by atoms with Gasteiger partial charge in [-0.15, -0.1) is 5.10 Å². The maximum absolute atomic E-state index is 12.9. The minimum absolute atomic E-state index is 0.0887. The molecule has 0 bridgehead atoms. The maximum atomic E-state index is 12.9. The van der Waals surface area contributed by atoms with E-state index in [0.29, 0.717) is 5.16 Å². The van der Waals surface area contributed by atoms with Gasteiger partial charge < -0.3 is 4.52 Å². The molecule has 2 aromatic carbocycles. The normalized spacial score (nSPS) is 11.8. The Bertz CT molecular complexity index is 1190. The van der Waals surface area contributed by atoms with Crippen LogP contribution in [0.1, 0.15) is 22.6 Å². The van der Waals surface area contributed by atoms with E-state index in [4.69, 9.17) is 4.52 Å². The Morgan fingerprint density at radius 2 is 1.90 bits per heavy atom. The molecule has 4 rings (SSSR count). The fourth-order valence-electron chi connectivity index (χ4n) is 2.78. The lowest BCUT2D eigenvalue weighted by Gasteiger charge is -2.08. The number of nitrogens with zero attached hydrogens (tertiary/aromatic N) is 6. The number of aromatic nitrogens is 6. The second-order valence-corrected chi connectivity index (χ2v) is 7.41. The maximum Gasteiger partial charge on any atom is 0.416 e. The molecule has 0 aliphatic carbocycles. The highest BCUT2D eigenvalue weighted by atomic mass is 32.2. The third-order valence-corrected chi connectivity index (χ3v) is 5.39. The van der Waals surface area contributed by atoms with Crippen molar-refractivity contribution in [1.82, 2.24) is 30.3 Å². The Morgan fingerprint density at radius 3 is 2.70 bits per heavy atom. The molecule has 11 heteroatoms. The van der Waals surface area contributed by atoms with Crippen LogP contribution in [0.3, 0.4) is 0 Å². The van der Waals surface area contributed by atoms with Crippen LogP contribution in [-0.4, -0.2) is 30.3 Å². The number of rotatable bonds is 5. The molecular formula is C19H15F3N6OS. The number of benzene rings is 2. The first kappa shape index (κ1) is 20.1. The van der Waals surface area contributed by atoms with Crippen molar-refractivity contribution in [1.29, 1.82) is 0 Å². The van der Waals surface area contributed by atoms with Crippen LogP contribution < -0.4 is 0 Å². The Labute approximate surface area is 173 Å². The number of tetrazole rings is 1. The molecular weight excluding hydrogens is 417 g/mol. The molecule has 0 aliphatic rings. The molecule has 0 saturated heterocycles. The predicted octanol–water partition coefficient (Wildman–Crippen LogP) is 4.64. The number of thioether (sulfide) groups is 1. The first-order valence-corrected chi connectivity index (χ1v) is 9.79. The summed E-state index contributed by atoms with van der Waals surface area (Å²) < 4.78 is 45.5. The molecule has 0 unspecified atom stereocenters. The molecule has 0 atom stereocenters. The summed E-state index contributed by atoms with van der Waals surface area (Å²) in [4.78, 5) is 4.19. The van der Waals surface area contributed by atoms with Crippen LogP contribution in [0.2, 0.25) is 0 Å². The molecule has 0 fully saturated rings. The number of aryl methyl sites for hydroxylation is 1. The van der Waals surface area contributed by atoms with Gasteiger partial charge in [-0.1, -0.05) is 41.2 Å². The van der Waals surface area contributed by atoms with Crippen molar-refractivity contribution in [2.45, 2.75) is 30.9 Å². The second kappa shape index (κ2) is 7.90. The first-order chi connectivity index (χ1) is 14.3. The van der Waals surface area contributed by atoms with E-state index in [1.54, 1.807) is 4.68 Å². The van der Waals surface area contributed by atoms with Gasteiger partial charge in [-0.05, 0) is 53.6 Å². The summed E-state index contributed by atoms with van der Waals surface area (Å²) in [6, 6.07) is 10.6. The van der Waals surface area contributed by atoms with Gasteiger partial charge in [-0.3, -0.25) is 0 Å². The number of hydrogen-bond acceptors (Lipinski definition) is 7. The van der Waals surface area contributed by atoms with E-state index in [1.807, 2.05) is 32.0 Å². The summed E-state index contributed by atoms with van der Waals surface area (Å²) in [5.74, 6) is 0.603. The van der Waals surface area contributed by atoms with Crippen LogP contribution in [0, 0.1) is 13.8 Å². The van der Waals surface area contributed by atoms with Crippen molar-refractivity contribution in [3.8, 4) is 17.1 Å². The Balaban J connectivity index is 1.52.